The van der Waals surface area contributed by atoms with Gasteiger partial charge in [0.25, 0.3) is 0 Å². The van der Waals surface area contributed by atoms with Crippen molar-refractivity contribution < 1.29 is 19.1 Å². The number of hydrogen-bond donors (Lipinski definition) is 2. The van der Waals surface area contributed by atoms with Crippen LogP contribution in [-0.4, -0.2) is 42.7 Å². The first-order valence-corrected chi connectivity index (χ1v) is 9.99. The minimum Gasteiger partial charge on any atom is -0.426 e. The summed E-state index contributed by atoms with van der Waals surface area (Å²) < 4.78 is 11.0. The lowest BCUT2D eigenvalue weighted by Crippen LogP contribution is -2.48. The Morgan fingerprint density at radius 1 is 1.00 bits per heavy atom. The van der Waals surface area contributed by atoms with Gasteiger partial charge in [-0.05, 0) is 45.2 Å². The molecule has 2 atom stereocenters. The molecule has 10 heteroatoms. The predicted octanol–water partition coefficient (Wildman–Crippen LogP) is 4.78. The molecule has 0 aliphatic rings. The summed E-state index contributed by atoms with van der Waals surface area (Å²) in [6, 6.07) is 3.72. The summed E-state index contributed by atoms with van der Waals surface area (Å²) in [5.41, 5.74) is 0.881. The van der Waals surface area contributed by atoms with Crippen molar-refractivity contribution >= 4 is 42.8 Å². The zero-order valence-electron chi connectivity index (χ0n) is 18.5. The minimum atomic E-state index is -0.686. The fourth-order valence-corrected chi connectivity index (χ4v) is 2.63. The summed E-state index contributed by atoms with van der Waals surface area (Å²) in [7, 11) is 0. The highest BCUT2D eigenvalue weighted by Crippen LogP contribution is 2.22. The SMILES string of the molecule is CCCCNC(=O)OC(C)N(c1ncccc1C)C(C)OC(=O)NCCCC.Cl.Cl. The molecule has 1 aromatic rings. The number of rotatable bonds is 11. The molecule has 30 heavy (non-hydrogen) atoms. The topological polar surface area (TPSA) is 92.8 Å². The maximum Gasteiger partial charge on any atom is 0.409 e. The smallest absolute Gasteiger partial charge is 0.409 e. The van der Waals surface area contributed by atoms with Crippen molar-refractivity contribution in [2.45, 2.75) is 72.8 Å². The van der Waals surface area contributed by atoms with Gasteiger partial charge >= 0.3 is 12.2 Å². The van der Waals surface area contributed by atoms with Crippen LogP contribution in [0.3, 0.4) is 0 Å². The number of carbonyl (C=O) groups is 2. The number of alkyl carbamates (subject to hydrolysis) is 2. The van der Waals surface area contributed by atoms with Crippen LogP contribution in [-0.2, 0) is 9.47 Å². The van der Waals surface area contributed by atoms with E-state index in [9.17, 15) is 9.59 Å². The number of anilines is 1. The molecule has 0 aliphatic carbocycles. The molecule has 1 aromatic heterocycles. The van der Waals surface area contributed by atoms with Gasteiger partial charge in [-0.2, -0.15) is 0 Å². The largest absolute Gasteiger partial charge is 0.426 e. The van der Waals surface area contributed by atoms with E-state index in [0.29, 0.717) is 18.9 Å². The lowest BCUT2D eigenvalue weighted by atomic mass is 10.2. The van der Waals surface area contributed by atoms with Gasteiger partial charge in [0.2, 0.25) is 0 Å². The maximum atomic E-state index is 12.1. The summed E-state index contributed by atoms with van der Waals surface area (Å²) >= 11 is 0. The Morgan fingerprint density at radius 3 is 1.87 bits per heavy atom. The Kier molecular flexibility index (Phi) is 17.0. The number of amides is 2. The fraction of sp³-hybridized carbons (Fsp3) is 0.650. The Labute approximate surface area is 192 Å². The Morgan fingerprint density at radius 2 is 1.47 bits per heavy atom. The molecule has 0 aliphatic heterocycles. The summed E-state index contributed by atoms with van der Waals surface area (Å²) in [6.45, 7) is 10.5. The van der Waals surface area contributed by atoms with E-state index in [4.69, 9.17) is 9.47 Å². The van der Waals surface area contributed by atoms with Gasteiger partial charge in [0.1, 0.15) is 5.82 Å². The highest BCUT2D eigenvalue weighted by atomic mass is 35.5. The second-order valence-corrected chi connectivity index (χ2v) is 6.62. The number of carbonyl (C=O) groups excluding carboxylic acids is 2. The summed E-state index contributed by atoms with van der Waals surface area (Å²) in [4.78, 5) is 30.2. The van der Waals surface area contributed by atoms with E-state index >= 15 is 0 Å². The molecule has 174 valence electrons. The summed E-state index contributed by atoms with van der Waals surface area (Å²) in [6.07, 6.45) is 2.96. The van der Waals surface area contributed by atoms with E-state index < -0.39 is 24.6 Å². The van der Waals surface area contributed by atoms with Crippen molar-refractivity contribution in [2.24, 2.45) is 0 Å². The molecule has 0 saturated heterocycles. The van der Waals surface area contributed by atoms with E-state index in [2.05, 4.69) is 15.6 Å². The number of hydrogen-bond acceptors (Lipinski definition) is 6. The average molecular weight is 467 g/mol. The first-order valence-electron chi connectivity index (χ1n) is 9.99. The van der Waals surface area contributed by atoms with Crippen LogP contribution >= 0.6 is 24.8 Å². The quantitative estimate of drug-likeness (QED) is 0.359. The van der Waals surface area contributed by atoms with E-state index in [0.717, 1.165) is 31.2 Å². The van der Waals surface area contributed by atoms with Crippen LogP contribution in [0.2, 0.25) is 0 Å². The van der Waals surface area contributed by atoms with Gasteiger partial charge in [0.15, 0.2) is 12.5 Å². The minimum absolute atomic E-state index is 0. The molecule has 8 nitrogen and oxygen atoms in total. The Balaban J connectivity index is 0. The molecule has 0 saturated carbocycles. The van der Waals surface area contributed by atoms with E-state index in [1.165, 1.54) is 0 Å². The van der Waals surface area contributed by atoms with Gasteiger partial charge in [0.05, 0.1) is 0 Å². The van der Waals surface area contributed by atoms with E-state index in [1.807, 2.05) is 32.9 Å². The van der Waals surface area contributed by atoms with Crippen LogP contribution in [0.1, 0.15) is 58.9 Å². The number of aromatic nitrogens is 1. The van der Waals surface area contributed by atoms with Crippen molar-refractivity contribution in [3.63, 3.8) is 0 Å². The van der Waals surface area contributed by atoms with Crippen molar-refractivity contribution in [3.05, 3.63) is 23.9 Å². The molecular formula is C20H36Cl2N4O4. The van der Waals surface area contributed by atoms with Crippen LogP contribution in [0.5, 0.6) is 0 Å². The zero-order chi connectivity index (χ0) is 20.9. The number of ether oxygens (including phenoxy) is 2. The molecule has 0 fully saturated rings. The van der Waals surface area contributed by atoms with Crippen LogP contribution in [0, 0.1) is 6.92 Å². The predicted molar refractivity (Wildman–Crippen MR) is 124 cm³/mol. The molecule has 0 bridgehead atoms. The Hall–Kier alpha value is -1.93. The van der Waals surface area contributed by atoms with Crippen molar-refractivity contribution in [2.75, 3.05) is 18.0 Å². The lowest BCUT2D eigenvalue weighted by Gasteiger charge is -2.34. The number of nitrogens with one attached hydrogen (secondary N) is 2. The first kappa shape index (κ1) is 30.3. The standard InChI is InChI=1S/C20H34N4O4.2ClH/c1-6-8-12-22-19(25)27-16(4)24(18-15(3)11-10-14-21-18)17(5)28-20(26)23-13-9-7-2;;/h10-11,14,16-17H,6-9,12-13H2,1-5H3,(H,22,25)(H,23,26);2*1H. The third-order valence-electron chi connectivity index (χ3n) is 4.16. The number of pyridine rings is 1. The monoisotopic (exact) mass is 466 g/mol. The molecule has 0 radical (unpaired) electrons. The maximum absolute atomic E-state index is 12.1. The molecule has 1 heterocycles. The third kappa shape index (κ3) is 10.7. The molecule has 0 spiro atoms. The van der Waals surface area contributed by atoms with Crippen LogP contribution in [0.25, 0.3) is 0 Å². The van der Waals surface area contributed by atoms with Crippen LogP contribution in [0.4, 0.5) is 15.4 Å². The second kappa shape index (κ2) is 16.8. The van der Waals surface area contributed by atoms with E-state index in [1.54, 1.807) is 24.9 Å². The van der Waals surface area contributed by atoms with Crippen LogP contribution < -0.4 is 15.5 Å². The molecule has 1 rings (SSSR count). The van der Waals surface area contributed by atoms with Gasteiger partial charge in [-0.1, -0.05) is 32.8 Å². The van der Waals surface area contributed by atoms with Gasteiger partial charge in [-0.3, -0.25) is 4.90 Å². The number of aryl methyl sites for hydroxylation is 1. The van der Waals surface area contributed by atoms with Crippen molar-refractivity contribution in [3.8, 4) is 0 Å². The molecule has 0 aromatic carbocycles. The molecule has 2 amide bonds. The van der Waals surface area contributed by atoms with Crippen LogP contribution in [0.15, 0.2) is 18.3 Å². The normalized spacial score (nSPS) is 11.8. The number of unbranched alkanes of at least 4 members (excludes halogenated alkanes) is 2. The molecular weight excluding hydrogens is 431 g/mol. The zero-order valence-corrected chi connectivity index (χ0v) is 20.1. The van der Waals surface area contributed by atoms with Crippen molar-refractivity contribution in [1.29, 1.82) is 0 Å². The van der Waals surface area contributed by atoms with Gasteiger partial charge < -0.3 is 20.1 Å². The third-order valence-corrected chi connectivity index (χ3v) is 4.16. The lowest BCUT2D eigenvalue weighted by molar-refractivity contribution is 0.0546. The van der Waals surface area contributed by atoms with Gasteiger partial charge in [0, 0.05) is 19.3 Å². The summed E-state index contributed by atoms with van der Waals surface area (Å²) in [5.74, 6) is 0.588. The molecule has 2 unspecified atom stereocenters. The summed E-state index contributed by atoms with van der Waals surface area (Å²) in [5, 5.41) is 5.44. The van der Waals surface area contributed by atoms with Gasteiger partial charge in [-0.15, -0.1) is 24.8 Å². The number of nitrogens with zero attached hydrogens (tertiary/aromatic N) is 2. The van der Waals surface area contributed by atoms with Gasteiger partial charge in [-0.25, -0.2) is 14.6 Å². The highest BCUT2D eigenvalue weighted by molar-refractivity contribution is 5.85. The highest BCUT2D eigenvalue weighted by Gasteiger charge is 2.28. The van der Waals surface area contributed by atoms with Crippen molar-refractivity contribution in [1.82, 2.24) is 15.6 Å². The number of halogens is 2. The van der Waals surface area contributed by atoms with E-state index in [-0.39, 0.29) is 24.8 Å². The molecule has 2 N–H and O–H groups in total. The first-order chi connectivity index (χ1) is 13.4. The Bertz CT molecular complexity index is 592. The average Bonchev–Trinajstić information content (AvgIpc) is 2.64. The fourth-order valence-electron chi connectivity index (χ4n) is 2.63. The second-order valence-electron chi connectivity index (χ2n) is 6.62.